The highest BCUT2D eigenvalue weighted by Gasteiger charge is 2.16. The molecule has 0 fully saturated rings. The van der Waals surface area contributed by atoms with Gasteiger partial charge in [-0.3, -0.25) is 29.8 Å². The minimum Gasteiger partial charge on any atom is -0.322 e. The number of nitrogens with one attached hydrogen (secondary N) is 2. The van der Waals surface area contributed by atoms with Gasteiger partial charge in [-0.15, -0.1) is 0 Å². The minimum atomic E-state index is -0.575. The average Bonchev–Trinajstić information content (AvgIpc) is 2.74. The molecule has 10 nitrogen and oxygen atoms in total. The van der Waals surface area contributed by atoms with Crippen LogP contribution in [0.3, 0.4) is 0 Å². The Bertz CT molecular complexity index is 1140. The van der Waals surface area contributed by atoms with Crippen molar-refractivity contribution < 1.29 is 19.4 Å². The lowest BCUT2D eigenvalue weighted by molar-refractivity contribution is -0.385. The average molecular weight is 406 g/mol. The van der Waals surface area contributed by atoms with Crippen molar-refractivity contribution in [1.82, 2.24) is 0 Å². The van der Waals surface area contributed by atoms with Crippen LogP contribution >= 0.6 is 0 Å². The van der Waals surface area contributed by atoms with Gasteiger partial charge in [0, 0.05) is 35.5 Å². The predicted octanol–water partition coefficient (Wildman–Crippen LogP) is 4.01. The number of anilines is 2. The number of benzene rings is 3. The van der Waals surface area contributed by atoms with Crippen LogP contribution < -0.4 is 10.6 Å². The molecule has 3 aromatic carbocycles. The topological polar surface area (TPSA) is 144 Å². The molecule has 0 saturated heterocycles. The fraction of sp³-hybridized carbons (Fsp3) is 0. The fourth-order valence-electron chi connectivity index (χ4n) is 2.61. The van der Waals surface area contributed by atoms with Crippen molar-refractivity contribution in [2.24, 2.45) is 0 Å². The zero-order valence-corrected chi connectivity index (χ0v) is 15.3. The molecule has 0 atom stereocenters. The van der Waals surface area contributed by atoms with E-state index in [1.165, 1.54) is 60.7 Å². The Morgan fingerprint density at radius 3 is 2.03 bits per heavy atom. The van der Waals surface area contributed by atoms with Gasteiger partial charge in [0.1, 0.15) is 0 Å². The molecule has 3 aromatic rings. The first kappa shape index (κ1) is 20.1. The SMILES string of the molecule is O=C(Nc1ccccc1C(=O)Nc1cccc([N+](=O)[O-])c1)c1ccc([N+](=O)[O-])cc1. The Labute approximate surface area is 169 Å². The van der Waals surface area contributed by atoms with Crippen LogP contribution in [0.1, 0.15) is 20.7 Å². The summed E-state index contributed by atoms with van der Waals surface area (Å²) >= 11 is 0. The van der Waals surface area contributed by atoms with Crippen molar-refractivity contribution in [2.75, 3.05) is 10.6 Å². The fourth-order valence-corrected chi connectivity index (χ4v) is 2.61. The zero-order chi connectivity index (χ0) is 21.7. The normalized spacial score (nSPS) is 10.1. The second kappa shape index (κ2) is 8.61. The van der Waals surface area contributed by atoms with Crippen molar-refractivity contribution in [2.45, 2.75) is 0 Å². The van der Waals surface area contributed by atoms with E-state index in [-0.39, 0.29) is 33.9 Å². The van der Waals surface area contributed by atoms with Crippen LogP contribution in [0, 0.1) is 20.2 Å². The van der Waals surface area contributed by atoms with E-state index in [9.17, 15) is 29.8 Å². The second-order valence-electron chi connectivity index (χ2n) is 6.07. The Morgan fingerprint density at radius 2 is 1.37 bits per heavy atom. The lowest BCUT2D eigenvalue weighted by Crippen LogP contribution is -2.18. The van der Waals surface area contributed by atoms with E-state index in [4.69, 9.17) is 0 Å². The van der Waals surface area contributed by atoms with E-state index < -0.39 is 21.7 Å². The predicted molar refractivity (Wildman–Crippen MR) is 109 cm³/mol. The molecule has 0 saturated carbocycles. The van der Waals surface area contributed by atoms with Gasteiger partial charge in [0.15, 0.2) is 0 Å². The van der Waals surface area contributed by atoms with E-state index in [0.717, 1.165) is 0 Å². The van der Waals surface area contributed by atoms with E-state index in [2.05, 4.69) is 10.6 Å². The van der Waals surface area contributed by atoms with Gasteiger partial charge in [-0.2, -0.15) is 0 Å². The van der Waals surface area contributed by atoms with Crippen molar-refractivity contribution in [3.05, 3.63) is 104 Å². The maximum Gasteiger partial charge on any atom is 0.271 e. The molecule has 0 bridgehead atoms. The summed E-state index contributed by atoms with van der Waals surface area (Å²) in [6.45, 7) is 0. The second-order valence-corrected chi connectivity index (χ2v) is 6.07. The summed E-state index contributed by atoms with van der Waals surface area (Å²) in [5, 5.41) is 26.8. The van der Waals surface area contributed by atoms with Crippen LogP contribution in [-0.4, -0.2) is 21.7 Å². The largest absolute Gasteiger partial charge is 0.322 e. The molecule has 0 radical (unpaired) electrons. The minimum absolute atomic E-state index is 0.138. The van der Waals surface area contributed by atoms with Gasteiger partial charge in [0.2, 0.25) is 0 Å². The van der Waals surface area contributed by atoms with Gasteiger partial charge in [0.05, 0.1) is 21.1 Å². The number of amides is 2. The Kier molecular flexibility index (Phi) is 5.78. The number of rotatable bonds is 6. The Hall–Kier alpha value is -4.60. The van der Waals surface area contributed by atoms with Crippen LogP contribution in [0.4, 0.5) is 22.7 Å². The molecule has 0 spiro atoms. The van der Waals surface area contributed by atoms with Crippen LogP contribution in [0.25, 0.3) is 0 Å². The molecular weight excluding hydrogens is 392 g/mol. The lowest BCUT2D eigenvalue weighted by Gasteiger charge is -2.11. The maximum absolute atomic E-state index is 12.6. The molecule has 2 amide bonds. The number of non-ortho nitro benzene ring substituents is 2. The number of carbonyl (C=O) groups excluding carboxylic acids is 2. The highest BCUT2D eigenvalue weighted by Crippen LogP contribution is 2.21. The van der Waals surface area contributed by atoms with Gasteiger partial charge in [-0.05, 0) is 30.3 Å². The van der Waals surface area contributed by atoms with Gasteiger partial charge in [-0.1, -0.05) is 18.2 Å². The number of hydrogen-bond donors (Lipinski definition) is 2. The molecule has 3 rings (SSSR count). The third kappa shape index (κ3) is 4.62. The first-order valence-electron chi connectivity index (χ1n) is 8.56. The summed E-state index contributed by atoms with van der Waals surface area (Å²) in [5.74, 6) is -1.13. The summed E-state index contributed by atoms with van der Waals surface area (Å²) in [6, 6.07) is 16.7. The van der Waals surface area contributed by atoms with Crippen LogP contribution in [0.2, 0.25) is 0 Å². The Morgan fingerprint density at radius 1 is 0.700 bits per heavy atom. The van der Waals surface area contributed by atoms with Crippen molar-refractivity contribution in [3.8, 4) is 0 Å². The maximum atomic E-state index is 12.6. The standard InChI is InChI=1S/C20H14N4O6/c25-19(13-8-10-15(11-9-13)23(27)28)22-18-7-2-1-6-17(18)20(26)21-14-4-3-5-16(12-14)24(29)30/h1-12H,(H,21,26)(H,22,25). The first-order chi connectivity index (χ1) is 14.3. The van der Waals surface area contributed by atoms with Gasteiger partial charge < -0.3 is 10.6 Å². The number of para-hydroxylation sites is 1. The molecule has 30 heavy (non-hydrogen) atoms. The van der Waals surface area contributed by atoms with Gasteiger partial charge >= 0.3 is 0 Å². The van der Waals surface area contributed by atoms with Crippen molar-refractivity contribution >= 4 is 34.6 Å². The van der Waals surface area contributed by atoms with Crippen molar-refractivity contribution in [1.29, 1.82) is 0 Å². The van der Waals surface area contributed by atoms with E-state index in [0.29, 0.717) is 0 Å². The third-order valence-electron chi connectivity index (χ3n) is 4.08. The molecule has 0 aromatic heterocycles. The molecule has 0 aliphatic heterocycles. The van der Waals surface area contributed by atoms with Crippen LogP contribution in [-0.2, 0) is 0 Å². The summed E-state index contributed by atoms with van der Waals surface area (Å²) < 4.78 is 0. The first-order valence-corrected chi connectivity index (χ1v) is 8.56. The molecule has 0 heterocycles. The number of hydrogen-bond acceptors (Lipinski definition) is 6. The molecule has 0 unspecified atom stereocenters. The number of nitro groups is 2. The zero-order valence-electron chi connectivity index (χ0n) is 15.3. The molecule has 10 heteroatoms. The number of nitrogens with zero attached hydrogens (tertiary/aromatic N) is 2. The third-order valence-corrected chi connectivity index (χ3v) is 4.08. The van der Waals surface area contributed by atoms with Gasteiger partial charge in [0.25, 0.3) is 23.2 Å². The van der Waals surface area contributed by atoms with Crippen molar-refractivity contribution in [3.63, 3.8) is 0 Å². The highest BCUT2D eigenvalue weighted by atomic mass is 16.6. The summed E-state index contributed by atoms with van der Waals surface area (Å²) in [7, 11) is 0. The van der Waals surface area contributed by atoms with E-state index >= 15 is 0 Å². The molecule has 0 aliphatic carbocycles. The summed E-state index contributed by atoms with van der Waals surface area (Å²) in [4.78, 5) is 45.6. The molecule has 2 N–H and O–H groups in total. The molecule has 0 aliphatic rings. The van der Waals surface area contributed by atoms with Crippen LogP contribution in [0.5, 0.6) is 0 Å². The lowest BCUT2D eigenvalue weighted by atomic mass is 10.1. The smallest absolute Gasteiger partial charge is 0.271 e. The number of nitro benzene ring substituents is 2. The van der Waals surface area contributed by atoms with Gasteiger partial charge in [-0.25, -0.2) is 0 Å². The van der Waals surface area contributed by atoms with Crippen LogP contribution in [0.15, 0.2) is 72.8 Å². The number of carbonyl (C=O) groups is 2. The van der Waals surface area contributed by atoms with E-state index in [1.807, 2.05) is 0 Å². The molecular formula is C20H14N4O6. The highest BCUT2D eigenvalue weighted by molar-refractivity contribution is 6.12. The quantitative estimate of drug-likeness (QED) is 0.467. The molecule has 150 valence electrons. The monoisotopic (exact) mass is 406 g/mol. The van der Waals surface area contributed by atoms with E-state index in [1.54, 1.807) is 12.1 Å². The summed E-state index contributed by atoms with van der Waals surface area (Å²) in [6.07, 6.45) is 0. The Balaban J connectivity index is 1.79. The summed E-state index contributed by atoms with van der Waals surface area (Å²) in [5.41, 5.74) is 0.430.